The fourth-order valence-electron chi connectivity index (χ4n) is 1.21. The van der Waals surface area contributed by atoms with Crippen molar-refractivity contribution in [1.29, 1.82) is 5.26 Å². The summed E-state index contributed by atoms with van der Waals surface area (Å²) in [6.45, 7) is 1.96. The molecule has 0 heterocycles. The van der Waals surface area contributed by atoms with Crippen LogP contribution < -0.4 is 0 Å². The number of hydrogen-bond acceptors (Lipinski definition) is 3. The number of thioether (sulfide) groups is 1. The van der Waals surface area contributed by atoms with Crippen LogP contribution in [0.5, 0.6) is 0 Å². The van der Waals surface area contributed by atoms with E-state index in [2.05, 4.69) is 6.07 Å². The fourth-order valence-corrected chi connectivity index (χ4v) is 1.96. The van der Waals surface area contributed by atoms with Crippen molar-refractivity contribution in [3.05, 3.63) is 29.3 Å². The summed E-state index contributed by atoms with van der Waals surface area (Å²) in [6.07, 6.45) is 0.415. The van der Waals surface area contributed by atoms with Gasteiger partial charge in [0, 0.05) is 19.0 Å². The predicted molar refractivity (Wildman–Crippen MR) is 65.4 cm³/mol. The highest BCUT2D eigenvalue weighted by Crippen LogP contribution is 2.23. The molecule has 1 aromatic rings. The van der Waals surface area contributed by atoms with Gasteiger partial charge in [-0.1, -0.05) is 6.07 Å². The molecular weight excluding hydrogens is 220 g/mol. The molecule has 16 heavy (non-hydrogen) atoms. The van der Waals surface area contributed by atoms with Gasteiger partial charge in [0.1, 0.15) is 0 Å². The first-order chi connectivity index (χ1) is 7.54. The zero-order valence-corrected chi connectivity index (χ0v) is 10.5. The second-order valence-electron chi connectivity index (χ2n) is 3.69. The summed E-state index contributed by atoms with van der Waals surface area (Å²) in [7, 11) is 3.46. The highest BCUT2D eigenvalue weighted by atomic mass is 32.2. The number of nitriles is 1. The molecule has 1 rings (SSSR count). The molecule has 4 heteroatoms. The highest BCUT2D eigenvalue weighted by Gasteiger charge is 2.07. The van der Waals surface area contributed by atoms with Crippen molar-refractivity contribution in [3.63, 3.8) is 0 Å². The van der Waals surface area contributed by atoms with Gasteiger partial charge in [-0.2, -0.15) is 5.26 Å². The van der Waals surface area contributed by atoms with Crippen LogP contribution in [-0.2, 0) is 6.42 Å². The topological polar surface area (TPSA) is 44.1 Å². The maximum absolute atomic E-state index is 11.5. The number of benzene rings is 1. The molecule has 1 aromatic carbocycles. The third kappa shape index (κ3) is 3.28. The Balaban J connectivity index is 2.82. The van der Waals surface area contributed by atoms with Crippen LogP contribution in [0.25, 0.3) is 0 Å². The lowest BCUT2D eigenvalue weighted by atomic mass is 10.1. The molecule has 0 unspecified atom stereocenters. The first kappa shape index (κ1) is 12.6. The third-order valence-corrected chi connectivity index (χ3v) is 3.18. The van der Waals surface area contributed by atoms with Gasteiger partial charge in [0.15, 0.2) is 0 Å². The lowest BCUT2D eigenvalue weighted by molar-refractivity contribution is 0.241. The SMILES string of the molecule is Cc1cc(SC(=O)N(C)C)ccc1CC#N. The van der Waals surface area contributed by atoms with Gasteiger partial charge in [-0.15, -0.1) is 0 Å². The van der Waals surface area contributed by atoms with Crippen LogP contribution in [0.3, 0.4) is 0 Å². The van der Waals surface area contributed by atoms with Gasteiger partial charge in [-0.3, -0.25) is 4.79 Å². The number of amides is 1. The van der Waals surface area contributed by atoms with E-state index in [1.165, 1.54) is 11.8 Å². The van der Waals surface area contributed by atoms with Crippen LogP contribution >= 0.6 is 11.8 Å². The average Bonchev–Trinajstić information content (AvgIpc) is 2.22. The number of carbonyl (C=O) groups excluding carboxylic acids is 1. The number of nitrogens with zero attached hydrogens (tertiary/aromatic N) is 2. The Bertz CT molecular complexity index is 435. The van der Waals surface area contributed by atoms with Gasteiger partial charge in [-0.25, -0.2) is 0 Å². The lowest BCUT2D eigenvalue weighted by Gasteiger charge is -2.10. The predicted octanol–water partition coefficient (Wildman–Crippen LogP) is 2.83. The number of hydrogen-bond donors (Lipinski definition) is 0. The summed E-state index contributed by atoms with van der Waals surface area (Å²) >= 11 is 1.20. The van der Waals surface area contributed by atoms with E-state index in [0.717, 1.165) is 16.0 Å². The van der Waals surface area contributed by atoms with Crippen LogP contribution in [0.4, 0.5) is 4.79 Å². The van der Waals surface area contributed by atoms with Crippen molar-refractivity contribution in [2.75, 3.05) is 14.1 Å². The Morgan fingerprint density at radius 3 is 2.69 bits per heavy atom. The van der Waals surface area contributed by atoms with Crippen molar-refractivity contribution >= 4 is 17.0 Å². The van der Waals surface area contributed by atoms with Crippen LogP contribution in [-0.4, -0.2) is 24.2 Å². The van der Waals surface area contributed by atoms with Crippen LogP contribution in [0.1, 0.15) is 11.1 Å². The Morgan fingerprint density at radius 2 is 2.19 bits per heavy atom. The van der Waals surface area contributed by atoms with E-state index >= 15 is 0 Å². The summed E-state index contributed by atoms with van der Waals surface area (Å²) in [5, 5.41) is 8.62. The number of aryl methyl sites for hydroxylation is 1. The molecule has 0 N–H and O–H groups in total. The highest BCUT2D eigenvalue weighted by molar-refractivity contribution is 8.13. The summed E-state index contributed by atoms with van der Waals surface area (Å²) in [5.74, 6) is 0. The lowest BCUT2D eigenvalue weighted by Crippen LogP contribution is -2.16. The molecule has 0 spiro atoms. The number of carbonyl (C=O) groups is 1. The monoisotopic (exact) mass is 234 g/mol. The molecule has 0 bridgehead atoms. The summed E-state index contributed by atoms with van der Waals surface area (Å²) in [6, 6.07) is 7.85. The largest absolute Gasteiger partial charge is 0.339 e. The van der Waals surface area contributed by atoms with Gasteiger partial charge in [0.25, 0.3) is 5.24 Å². The Morgan fingerprint density at radius 1 is 1.50 bits per heavy atom. The first-order valence-electron chi connectivity index (χ1n) is 4.90. The molecule has 0 aliphatic heterocycles. The minimum Gasteiger partial charge on any atom is -0.339 e. The van der Waals surface area contributed by atoms with Gasteiger partial charge in [-0.05, 0) is 41.9 Å². The molecule has 0 radical (unpaired) electrons. The third-order valence-electron chi connectivity index (χ3n) is 2.15. The molecule has 3 nitrogen and oxygen atoms in total. The molecule has 0 aromatic heterocycles. The van der Waals surface area contributed by atoms with Crippen molar-refractivity contribution in [2.24, 2.45) is 0 Å². The molecule has 1 amide bonds. The Labute approximate surface area is 100 Å². The smallest absolute Gasteiger partial charge is 0.285 e. The zero-order chi connectivity index (χ0) is 12.1. The van der Waals surface area contributed by atoms with Crippen molar-refractivity contribution < 1.29 is 4.79 Å². The molecular formula is C12H14N2OS. The van der Waals surface area contributed by atoms with E-state index in [1.807, 2.05) is 25.1 Å². The van der Waals surface area contributed by atoms with E-state index in [0.29, 0.717) is 6.42 Å². The minimum atomic E-state index is 0.00688. The molecule has 0 aliphatic rings. The van der Waals surface area contributed by atoms with Crippen molar-refractivity contribution in [1.82, 2.24) is 4.90 Å². The van der Waals surface area contributed by atoms with Gasteiger partial charge in [0.05, 0.1) is 12.5 Å². The molecule has 0 saturated heterocycles. The molecule has 0 saturated carbocycles. The van der Waals surface area contributed by atoms with E-state index in [-0.39, 0.29) is 5.24 Å². The molecule has 0 atom stereocenters. The summed E-state index contributed by atoms with van der Waals surface area (Å²) < 4.78 is 0. The molecule has 84 valence electrons. The Kier molecular flexibility index (Phi) is 4.39. The second kappa shape index (κ2) is 5.57. The number of rotatable bonds is 2. The molecule has 0 aliphatic carbocycles. The molecule has 0 fully saturated rings. The normalized spacial score (nSPS) is 9.62. The first-order valence-corrected chi connectivity index (χ1v) is 5.72. The van der Waals surface area contributed by atoms with Crippen molar-refractivity contribution in [3.8, 4) is 6.07 Å². The Hall–Kier alpha value is -1.47. The van der Waals surface area contributed by atoms with Crippen molar-refractivity contribution in [2.45, 2.75) is 18.2 Å². The quantitative estimate of drug-likeness (QED) is 0.739. The van der Waals surface area contributed by atoms with Gasteiger partial charge >= 0.3 is 0 Å². The van der Waals surface area contributed by atoms with Gasteiger partial charge < -0.3 is 4.90 Å². The van der Waals surface area contributed by atoms with E-state index < -0.39 is 0 Å². The zero-order valence-electron chi connectivity index (χ0n) is 9.65. The van der Waals surface area contributed by atoms with E-state index in [1.54, 1.807) is 19.0 Å². The van der Waals surface area contributed by atoms with Crippen LogP contribution in [0.15, 0.2) is 23.1 Å². The van der Waals surface area contributed by atoms with E-state index in [9.17, 15) is 4.79 Å². The van der Waals surface area contributed by atoms with Gasteiger partial charge in [0.2, 0.25) is 0 Å². The summed E-state index contributed by atoms with van der Waals surface area (Å²) in [5.41, 5.74) is 2.07. The fraction of sp³-hybridized carbons (Fsp3) is 0.333. The van der Waals surface area contributed by atoms with E-state index in [4.69, 9.17) is 5.26 Å². The second-order valence-corrected chi connectivity index (χ2v) is 4.71. The average molecular weight is 234 g/mol. The summed E-state index contributed by atoms with van der Waals surface area (Å²) in [4.78, 5) is 13.9. The standard InChI is InChI=1S/C12H14N2OS/c1-9-8-11(16-12(15)14(2)3)5-4-10(9)6-7-13/h4-5,8H,6H2,1-3H3. The van der Waals surface area contributed by atoms with Crippen LogP contribution in [0.2, 0.25) is 0 Å². The maximum Gasteiger partial charge on any atom is 0.285 e. The minimum absolute atomic E-state index is 0.00688. The van der Waals surface area contributed by atoms with Crippen LogP contribution in [0, 0.1) is 18.3 Å². The maximum atomic E-state index is 11.5.